The molecule has 160 valence electrons. The summed E-state index contributed by atoms with van der Waals surface area (Å²) in [5, 5.41) is 12.3. The third-order valence-corrected chi connectivity index (χ3v) is 7.28. The molecule has 2 aromatic rings. The summed E-state index contributed by atoms with van der Waals surface area (Å²) < 4.78 is 6.54. The fourth-order valence-corrected chi connectivity index (χ4v) is 6.48. The monoisotopic (exact) mass is 410 g/mol. The van der Waals surface area contributed by atoms with E-state index in [2.05, 4.69) is 15.7 Å². The van der Waals surface area contributed by atoms with Gasteiger partial charge in [-0.25, -0.2) is 9.48 Å². The maximum absolute atomic E-state index is 12.8. The van der Waals surface area contributed by atoms with Crippen molar-refractivity contribution in [3.63, 3.8) is 0 Å². The van der Waals surface area contributed by atoms with Crippen molar-refractivity contribution in [2.24, 2.45) is 17.8 Å². The minimum absolute atomic E-state index is 0.0222. The molecular formula is C23H30N4O3. The SMILES string of the molecule is COCCn1nc(CNC(=O)NC23CC4CC(CC(C4)C2)C3)c2ccccc2c1=O. The normalized spacial score (nSPS) is 29.3. The number of ether oxygens (including phenoxy) is 1. The maximum atomic E-state index is 12.8. The molecular weight excluding hydrogens is 380 g/mol. The molecule has 4 saturated carbocycles. The average Bonchev–Trinajstić information content (AvgIpc) is 2.71. The zero-order valence-electron chi connectivity index (χ0n) is 17.5. The van der Waals surface area contributed by atoms with Crippen molar-refractivity contribution >= 4 is 16.8 Å². The topological polar surface area (TPSA) is 85.2 Å². The highest BCUT2D eigenvalue weighted by molar-refractivity contribution is 5.84. The van der Waals surface area contributed by atoms with Gasteiger partial charge in [-0.2, -0.15) is 5.10 Å². The van der Waals surface area contributed by atoms with Gasteiger partial charge in [-0.15, -0.1) is 0 Å². The first kappa shape index (κ1) is 19.5. The van der Waals surface area contributed by atoms with Gasteiger partial charge in [-0.05, 0) is 62.3 Å². The summed E-state index contributed by atoms with van der Waals surface area (Å²) in [6.45, 7) is 1.07. The van der Waals surface area contributed by atoms with E-state index in [0.717, 1.165) is 42.4 Å². The first-order valence-electron chi connectivity index (χ1n) is 11.1. The van der Waals surface area contributed by atoms with Gasteiger partial charge >= 0.3 is 6.03 Å². The lowest BCUT2D eigenvalue weighted by atomic mass is 9.53. The number of benzene rings is 1. The molecule has 7 nitrogen and oxygen atoms in total. The predicted octanol–water partition coefficient (Wildman–Crippen LogP) is 2.81. The van der Waals surface area contributed by atoms with E-state index in [1.165, 1.54) is 23.9 Å². The van der Waals surface area contributed by atoms with Crippen LogP contribution in [0.15, 0.2) is 29.1 Å². The lowest BCUT2D eigenvalue weighted by molar-refractivity contribution is -0.0135. The van der Waals surface area contributed by atoms with Gasteiger partial charge in [0.2, 0.25) is 0 Å². The number of amides is 2. The zero-order chi connectivity index (χ0) is 20.7. The number of urea groups is 1. The van der Waals surface area contributed by atoms with Gasteiger partial charge in [-0.3, -0.25) is 4.79 Å². The van der Waals surface area contributed by atoms with Crippen LogP contribution in [0.5, 0.6) is 0 Å². The molecule has 4 bridgehead atoms. The highest BCUT2D eigenvalue weighted by atomic mass is 16.5. The number of nitrogens with zero attached hydrogens (tertiary/aromatic N) is 2. The Kier molecular flexibility index (Phi) is 5.01. The molecule has 0 aliphatic heterocycles. The van der Waals surface area contributed by atoms with Crippen molar-refractivity contribution in [2.75, 3.05) is 13.7 Å². The van der Waals surface area contributed by atoms with Crippen molar-refractivity contribution in [2.45, 2.75) is 57.2 Å². The van der Waals surface area contributed by atoms with E-state index in [1.807, 2.05) is 24.3 Å². The van der Waals surface area contributed by atoms with Gasteiger partial charge in [0.25, 0.3) is 5.56 Å². The van der Waals surface area contributed by atoms with Crippen molar-refractivity contribution < 1.29 is 9.53 Å². The standard InChI is InChI=1S/C23H30N4O3/c1-30-7-6-27-21(28)19-5-3-2-4-18(19)20(26-27)14-24-22(29)25-23-11-15-8-16(12-23)10-17(9-15)13-23/h2-5,15-17H,6-14H2,1H3,(H2,24,25,29). The summed E-state index contributed by atoms with van der Waals surface area (Å²) in [4.78, 5) is 25.5. The molecule has 2 amide bonds. The third-order valence-electron chi connectivity index (χ3n) is 7.28. The fraction of sp³-hybridized carbons (Fsp3) is 0.609. The van der Waals surface area contributed by atoms with Crippen LogP contribution >= 0.6 is 0 Å². The Morgan fingerprint density at radius 2 is 1.77 bits per heavy atom. The van der Waals surface area contributed by atoms with Crippen LogP contribution in [0.3, 0.4) is 0 Å². The highest BCUT2D eigenvalue weighted by Crippen LogP contribution is 2.55. The molecule has 7 heteroatoms. The smallest absolute Gasteiger partial charge is 0.315 e. The molecule has 0 spiro atoms. The van der Waals surface area contributed by atoms with E-state index in [0.29, 0.717) is 24.2 Å². The molecule has 4 aliphatic carbocycles. The lowest BCUT2D eigenvalue weighted by Crippen LogP contribution is -2.61. The van der Waals surface area contributed by atoms with Gasteiger partial charge in [0.15, 0.2) is 0 Å². The molecule has 0 saturated heterocycles. The van der Waals surface area contributed by atoms with Crippen LogP contribution < -0.4 is 16.2 Å². The van der Waals surface area contributed by atoms with Gasteiger partial charge in [0, 0.05) is 18.0 Å². The van der Waals surface area contributed by atoms with Gasteiger partial charge in [0.05, 0.1) is 30.8 Å². The molecule has 6 rings (SSSR count). The highest BCUT2D eigenvalue weighted by Gasteiger charge is 2.51. The Morgan fingerprint density at radius 1 is 1.13 bits per heavy atom. The van der Waals surface area contributed by atoms with E-state index in [4.69, 9.17) is 4.74 Å². The number of nitrogens with one attached hydrogen (secondary N) is 2. The molecule has 0 atom stereocenters. The predicted molar refractivity (Wildman–Crippen MR) is 114 cm³/mol. The van der Waals surface area contributed by atoms with E-state index in [9.17, 15) is 9.59 Å². The second-order valence-electron chi connectivity index (χ2n) is 9.52. The molecule has 30 heavy (non-hydrogen) atoms. The Morgan fingerprint density at radius 3 is 2.40 bits per heavy atom. The first-order chi connectivity index (χ1) is 14.5. The molecule has 1 aromatic heterocycles. The van der Waals surface area contributed by atoms with Crippen LogP contribution in [0.25, 0.3) is 10.8 Å². The van der Waals surface area contributed by atoms with Crippen LogP contribution in [0, 0.1) is 17.8 Å². The molecule has 2 N–H and O–H groups in total. The summed E-state index contributed by atoms with van der Waals surface area (Å²) >= 11 is 0. The summed E-state index contributed by atoms with van der Waals surface area (Å²) in [7, 11) is 1.60. The molecule has 1 aromatic carbocycles. The van der Waals surface area contributed by atoms with Gasteiger partial charge < -0.3 is 15.4 Å². The molecule has 0 unspecified atom stereocenters. The summed E-state index contributed by atoms with van der Waals surface area (Å²) in [5.74, 6) is 2.35. The minimum Gasteiger partial charge on any atom is -0.383 e. The largest absolute Gasteiger partial charge is 0.383 e. The number of methoxy groups -OCH3 is 1. The number of carbonyl (C=O) groups is 1. The Hall–Kier alpha value is -2.41. The van der Waals surface area contributed by atoms with Crippen molar-refractivity contribution in [3.8, 4) is 0 Å². The Labute approximate surface area is 176 Å². The zero-order valence-corrected chi connectivity index (χ0v) is 17.5. The molecule has 0 radical (unpaired) electrons. The number of rotatable bonds is 6. The number of carbonyl (C=O) groups excluding carboxylic acids is 1. The third kappa shape index (κ3) is 3.60. The van der Waals surface area contributed by atoms with E-state index in [1.54, 1.807) is 7.11 Å². The van der Waals surface area contributed by atoms with Crippen LogP contribution in [-0.2, 0) is 17.8 Å². The first-order valence-corrected chi connectivity index (χ1v) is 11.1. The van der Waals surface area contributed by atoms with Gasteiger partial charge in [-0.1, -0.05) is 18.2 Å². The fourth-order valence-electron chi connectivity index (χ4n) is 6.48. The van der Waals surface area contributed by atoms with Crippen molar-refractivity contribution in [3.05, 3.63) is 40.3 Å². The van der Waals surface area contributed by atoms with Crippen molar-refractivity contribution in [1.29, 1.82) is 0 Å². The molecule has 4 fully saturated rings. The van der Waals surface area contributed by atoms with Crippen molar-refractivity contribution in [1.82, 2.24) is 20.4 Å². The van der Waals surface area contributed by atoms with Crippen LogP contribution in [0.2, 0.25) is 0 Å². The number of hydrogen-bond donors (Lipinski definition) is 2. The van der Waals surface area contributed by atoms with Crippen LogP contribution in [-0.4, -0.2) is 35.1 Å². The van der Waals surface area contributed by atoms with Crippen LogP contribution in [0.1, 0.15) is 44.2 Å². The minimum atomic E-state index is -0.135. The Bertz CT molecular complexity index is 980. The summed E-state index contributed by atoms with van der Waals surface area (Å²) in [5.41, 5.74) is 0.539. The van der Waals surface area contributed by atoms with Crippen LogP contribution in [0.4, 0.5) is 4.79 Å². The van der Waals surface area contributed by atoms with E-state index >= 15 is 0 Å². The molecule has 4 aliphatic rings. The van der Waals surface area contributed by atoms with Gasteiger partial charge in [0.1, 0.15) is 0 Å². The average molecular weight is 411 g/mol. The Balaban J connectivity index is 1.32. The quantitative estimate of drug-likeness (QED) is 0.767. The number of fused-ring (bicyclic) bond motifs is 1. The second-order valence-corrected chi connectivity index (χ2v) is 9.52. The second kappa shape index (κ2) is 7.69. The number of hydrogen-bond acceptors (Lipinski definition) is 4. The maximum Gasteiger partial charge on any atom is 0.315 e. The summed E-state index contributed by atoms with van der Waals surface area (Å²) in [6, 6.07) is 7.31. The number of aromatic nitrogens is 2. The molecule has 1 heterocycles. The summed E-state index contributed by atoms with van der Waals surface area (Å²) in [6.07, 6.45) is 7.41. The van der Waals surface area contributed by atoms with E-state index < -0.39 is 0 Å². The van der Waals surface area contributed by atoms with E-state index in [-0.39, 0.29) is 23.7 Å². The lowest BCUT2D eigenvalue weighted by Gasteiger charge is -2.56.